The van der Waals surface area contributed by atoms with Crippen molar-refractivity contribution >= 4 is 34.3 Å². The second-order valence-electron chi connectivity index (χ2n) is 5.38. The van der Waals surface area contributed by atoms with E-state index in [0.717, 1.165) is 15.7 Å². The summed E-state index contributed by atoms with van der Waals surface area (Å²) in [5.41, 5.74) is 0. The van der Waals surface area contributed by atoms with Crippen LogP contribution >= 0.6 is 11.8 Å². The van der Waals surface area contributed by atoms with Gasteiger partial charge in [0.15, 0.2) is 0 Å². The molecule has 5 heteroatoms. The Balaban J connectivity index is 2.05. The normalized spacial score (nSPS) is 12.1. The Morgan fingerprint density at radius 2 is 1.87 bits per heavy atom. The summed E-state index contributed by atoms with van der Waals surface area (Å²) in [4.78, 5) is 24.0. The van der Waals surface area contributed by atoms with E-state index < -0.39 is 0 Å². The number of ketones is 1. The van der Waals surface area contributed by atoms with E-state index in [4.69, 9.17) is 0 Å². The van der Waals surface area contributed by atoms with Crippen molar-refractivity contribution in [1.29, 1.82) is 0 Å². The van der Waals surface area contributed by atoms with Crippen LogP contribution in [0.25, 0.3) is 10.8 Å². The number of benzene rings is 2. The van der Waals surface area contributed by atoms with Crippen molar-refractivity contribution in [3.05, 3.63) is 36.4 Å². The number of hydrogen-bond acceptors (Lipinski definition) is 5. The van der Waals surface area contributed by atoms with Crippen LogP contribution in [0.15, 0.2) is 41.3 Å². The molecule has 0 amide bonds. The second kappa shape index (κ2) is 8.02. The van der Waals surface area contributed by atoms with Gasteiger partial charge in [-0.3, -0.25) is 9.59 Å². The van der Waals surface area contributed by atoms with Gasteiger partial charge in [0.2, 0.25) is 0 Å². The van der Waals surface area contributed by atoms with Crippen LogP contribution < -0.4 is 0 Å². The highest BCUT2D eigenvalue weighted by Crippen LogP contribution is 2.31. The summed E-state index contributed by atoms with van der Waals surface area (Å²) in [5.74, 6) is 0.0933. The third-order valence-electron chi connectivity index (χ3n) is 3.60. The van der Waals surface area contributed by atoms with Gasteiger partial charge in [0.1, 0.15) is 11.5 Å². The summed E-state index contributed by atoms with van der Waals surface area (Å²) in [6, 6.07) is 11.1. The number of esters is 1. The van der Waals surface area contributed by atoms with Crippen LogP contribution in [0, 0.1) is 0 Å². The molecule has 0 aliphatic heterocycles. The largest absolute Gasteiger partial charge is 0.508 e. The van der Waals surface area contributed by atoms with Crippen molar-refractivity contribution in [3.8, 4) is 5.75 Å². The molecular weight excluding hydrogens is 312 g/mol. The zero-order valence-corrected chi connectivity index (χ0v) is 14.1. The highest BCUT2D eigenvalue weighted by atomic mass is 32.2. The molecule has 2 rings (SSSR count). The number of ether oxygens (including phenoxy) is 1. The third-order valence-corrected chi connectivity index (χ3v) is 4.98. The maximum atomic E-state index is 11.8. The van der Waals surface area contributed by atoms with Crippen LogP contribution in [-0.4, -0.2) is 29.2 Å². The molecular formula is C18H20O4S. The second-order valence-corrected chi connectivity index (χ2v) is 6.65. The smallest absolute Gasteiger partial charge is 0.305 e. The first-order valence-electron chi connectivity index (χ1n) is 7.46. The van der Waals surface area contributed by atoms with Gasteiger partial charge in [-0.05, 0) is 54.8 Å². The third kappa shape index (κ3) is 4.99. The van der Waals surface area contributed by atoms with Crippen molar-refractivity contribution in [2.24, 2.45) is 0 Å². The van der Waals surface area contributed by atoms with E-state index in [-0.39, 0.29) is 22.8 Å². The first kappa shape index (κ1) is 17.3. The molecule has 0 fully saturated rings. The van der Waals surface area contributed by atoms with Gasteiger partial charge in [0.25, 0.3) is 0 Å². The molecule has 0 aromatic heterocycles. The number of carbonyl (C=O) groups is 2. The van der Waals surface area contributed by atoms with Gasteiger partial charge in [-0.25, -0.2) is 0 Å². The number of methoxy groups -OCH3 is 1. The minimum atomic E-state index is -0.247. The first-order chi connectivity index (χ1) is 11.0. The summed E-state index contributed by atoms with van der Waals surface area (Å²) >= 11 is 1.51. The van der Waals surface area contributed by atoms with Gasteiger partial charge in [0.05, 0.1) is 12.4 Å². The lowest BCUT2D eigenvalue weighted by atomic mass is 10.1. The van der Waals surface area contributed by atoms with Gasteiger partial charge >= 0.3 is 5.97 Å². The van der Waals surface area contributed by atoms with Crippen molar-refractivity contribution < 1.29 is 19.4 Å². The van der Waals surface area contributed by atoms with E-state index in [1.807, 2.05) is 24.3 Å². The minimum Gasteiger partial charge on any atom is -0.508 e. The van der Waals surface area contributed by atoms with E-state index in [2.05, 4.69) is 4.74 Å². The lowest BCUT2D eigenvalue weighted by Crippen LogP contribution is -2.14. The fraction of sp³-hybridized carbons (Fsp3) is 0.333. The Hall–Kier alpha value is -2.01. The zero-order valence-electron chi connectivity index (χ0n) is 13.2. The molecule has 0 aliphatic rings. The maximum absolute atomic E-state index is 11.8. The molecule has 1 N–H and O–H groups in total. The van der Waals surface area contributed by atoms with Crippen LogP contribution in [0.3, 0.4) is 0 Å². The minimum absolute atomic E-state index is 0.102. The Morgan fingerprint density at radius 1 is 1.17 bits per heavy atom. The number of Topliss-reactive ketones (excluding diaryl/α,β-unsaturated/α-hetero) is 1. The van der Waals surface area contributed by atoms with E-state index in [0.29, 0.717) is 19.3 Å². The summed E-state index contributed by atoms with van der Waals surface area (Å²) < 4.78 is 4.62. The number of phenols is 1. The van der Waals surface area contributed by atoms with Gasteiger partial charge < -0.3 is 9.84 Å². The number of aromatic hydroxyl groups is 1. The molecule has 0 radical (unpaired) electrons. The first-order valence-corrected chi connectivity index (χ1v) is 8.34. The van der Waals surface area contributed by atoms with Crippen LogP contribution in [0.4, 0.5) is 0 Å². The van der Waals surface area contributed by atoms with E-state index in [1.165, 1.54) is 18.9 Å². The average molecular weight is 332 g/mol. The van der Waals surface area contributed by atoms with Crippen LogP contribution in [0.1, 0.15) is 26.2 Å². The standard InChI is InChI=1S/C18H20O4S/c1-12(19)17(4-3-5-18(21)22-2)23-16-9-7-13-10-15(20)8-6-14(13)11-16/h6-11,17,20H,3-5H2,1-2H3. The molecule has 23 heavy (non-hydrogen) atoms. The van der Waals surface area contributed by atoms with Crippen molar-refractivity contribution in [1.82, 2.24) is 0 Å². The van der Waals surface area contributed by atoms with Gasteiger partial charge in [-0.15, -0.1) is 11.8 Å². The number of fused-ring (bicyclic) bond motifs is 1. The van der Waals surface area contributed by atoms with Crippen molar-refractivity contribution in [2.75, 3.05) is 7.11 Å². The Bertz CT molecular complexity index is 711. The van der Waals surface area contributed by atoms with E-state index in [1.54, 1.807) is 19.1 Å². The monoisotopic (exact) mass is 332 g/mol. The molecule has 2 aromatic carbocycles. The van der Waals surface area contributed by atoms with Gasteiger partial charge in [-0.2, -0.15) is 0 Å². The molecule has 0 saturated carbocycles. The molecule has 0 bridgehead atoms. The van der Waals surface area contributed by atoms with Crippen LogP contribution in [0.5, 0.6) is 5.75 Å². The SMILES string of the molecule is COC(=O)CCCC(Sc1ccc2cc(O)ccc2c1)C(C)=O. The zero-order chi connectivity index (χ0) is 16.8. The van der Waals surface area contributed by atoms with Crippen LogP contribution in [-0.2, 0) is 14.3 Å². The molecule has 1 unspecified atom stereocenters. The summed E-state index contributed by atoms with van der Waals surface area (Å²) in [7, 11) is 1.37. The summed E-state index contributed by atoms with van der Waals surface area (Å²) in [5, 5.41) is 11.3. The van der Waals surface area contributed by atoms with Crippen molar-refractivity contribution in [3.63, 3.8) is 0 Å². The number of hydrogen-bond donors (Lipinski definition) is 1. The molecule has 2 aromatic rings. The topological polar surface area (TPSA) is 63.6 Å². The Kier molecular flexibility index (Phi) is 6.04. The van der Waals surface area contributed by atoms with Crippen molar-refractivity contribution in [2.45, 2.75) is 36.3 Å². The predicted octanol–water partition coefficient (Wildman–Crippen LogP) is 3.94. The lowest BCUT2D eigenvalue weighted by molar-refractivity contribution is -0.140. The molecule has 0 saturated heterocycles. The average Bonchev–Trinajstić information content (AvgIpc) is 2.53. The number of rotatable bonds is 7. The summed E-state index contributed by atoms with van der Waals surface area (Å²) in [6.07, 6.45) is 1.60. The van der Waals surface area contributed by atoms with E-state index >= 15 is 0 Å². The Labute approximate surface area is 139 Å². The van der Waals surface area contributed by atoms with E-state index in [9.17, 15) is 14.7 Å². The fourth-order valence-electron chi connectivity index (χ4n) is 2.33. The molecule has 4 nitrogen and oxygen atoms in total. The number of phenolic OH excluding ortho intramolecular Hbond substituents is 1. The molecule has 0 heterocycles. The highest BCUT2D eigenvalue weighted by Gasteiger charge is 2.16. The molecule has 0 aliphatic carbocycles. The molecule has 1 atom stereocenters. The van der Waals surface area contributed by atoms with Crippen LogP contribution in [0.2, 0.25) is 0 Å². The summed E-state index contributed by atoms with van der Waals surface area (Å²) in [6.45, 7) is 1.58. The quantitative estimate of drug-likeness (QED) is 0.614. The Morgan fingerprint density at radius 3 is 2.57 bits per heavy atom. The number of thioether (sulfide) groups is 1. The molecule has 122 valence electrons. The lowest BCUT2D eigenvalue weighted by Gasteiger charge is -2.13. The maximum Gasteiger partial charge on any atom is 0.305 e. The highest BCUT2D eigenvalue weighted by molar-refractivity contribution is 8.00. The fourth-order valence-corrected chi connectivity index (χ4v) is 3.45. The number of carbonyl (C=O) groups excluding carboxylic acids is 2. The van der Waals surface area contributed by atoms with Gasteiger partial charge in [-0.1, -0.05) is 12.1 Å². The molecule has 0 spiro atoms. The predicted molar refractivity (Wildman–Crippen MR) is 91.8 cm³/mol. The van der Waals surface area contributed by atoms with Gasteiger partial charge in [0, 0.05) is 11.3 Å².